The van der Waals surface area contributed by atoms with Crippen molar-refractivity contribution in [3.05, 3.63) is 0 Å². The van der Waals surface area contributed by atoms with Gasteiger partial charge in [0.05, 0.1) is 13.2 Å². The van der Waals surface area contributed by atoms with Gasteiger partial charge in [-0.2, -0.15) is 0 Å². The van der Waals surface area contributed by atoms with E-state index >= 15 is 0 Å². The molecule has 0 heterocycles. The molecule has 51 heavy (non-hydrogen) atoms. The zero-order chi connectivity index (χ0) is 37.5. The van der Waals surface area contributed by atoms with Crippen LogP contribution in [0.4, 0.5) is 0 Å². The van der Waals surface area contributed by atoms with Gasteiger partial charge in [0.2, 0.25) is 5.91 Å². The second-order valence-corrected chi connectivity index (χ2v) is 16.1. The van der Waals surface area contributed by atoms with E-state index in [1.165, 1.54) is 154 Å². The second kappa shape index (κ2) is 38.7. The van der Waals surface area contributed by atoms with Crippen molar-refractivity contribution in [3.8, 4) is 0 Å². The van der Waals surface area contributed by atoms with E-state index in [1.54, 1.807) is 0 Å². The third-order valence-electron chi connectivity index (χ3n) is 9.54. The van der Waals surface area contributed by atoms with Crippen molar-refractivity contribution < 1.29 is 37.9 Å². The molecule has 0 aliphatic rings. The van der Waals surface area contributed by atoms with Crippen LogP contribution in [0.2, 0.25) is 0 Å². The van der Waals surface area contributed by atoms with Crippen molar-refractivity contribution in [1.29, 1.82) is 0 Å². The monoisotopic (exact) mass is 748 g/mol. The quantitative estimate of drug-likeness (QED) is 0.0320. The number of hydrogen-bond acceptors (Lipinski definition) is 7. The maximum Gasteiger partial charge on any atom is 0.472 e. The first kappa shape index (κ1) is 50.0. The van der Waals surface area contributed by atoms with E-state index in [0.717, 1.165) is 38.5 Å². The van der Waals surface area contributed by atoms with Crippen LogP contribution < -0.4 is 5.32 Å². The molecule has 0 aromatic rings. The molecule has 0 aliphatic heterocycles. The molecule has 0 saturated carbocycles. The van der Waals surface area contributed by atoms with Crippen molar-refractivity contribution in [2.24, 2.45) is 0 Å². The van der Waals surface area contributed by atoms with Gasteiger partial charge in [-0.05, 0) is 12.8 Å². The number of phosphoric acid groups is 1. The predicted octanol–water partition coefficient (Wildman–Crippen LogP) is 11.7. The highest BCUT2D eigenvalue weighted by molar-refractivity contribution is 7.47. The molecular formula is C41H82NO8P. The van der Waals surface area contributed by atoms with E-state index in [1.807, 2.05) is 0 Å². The molecule has 304 valence electrons. The maximum absolute atomic E-state index is 12.0. The van der Waals surface area contributed by atoms with Gasteiger partial charge in [-0.1, -0.05) is 194 Å². The Labute approximate surface area is 314 Å². The van der Waals surface area contributed by atoms with E-state index in [0.29, 0.717) is 12.8 Å². The van der Waals surface area contributed by atoms with Gasteiger partial charge in [-0.15, -0.1) is 0 Å². The van der Waals surface area contributed by atoms with Crippen LogP contribution in [0.1, 0.15) is 219 Å². The number of esters is 1. The number of aliphatic hydroxyl groups is 1. The van der Waals surface area contributed by atoms with Crippen molar-refractivity contribution in [2.75, 3.05) is 26.4 Å². The van der Waals surface area contributed by atoms with E-state index < -0.39 is 26.5 Å². The highest BCUT2D eigenvalue weighted by Gasteiger charge is 2.23. The summed E-state index contributed by atoms with van der Waals surface area (Å²) in [7, 11) is -4.40. The Bertz CT molecular complexity index is 815. The number of carbonyl (C=O) groups is 2. The number of ether oxygens (including phenoxy) is 1. The summed E-state index contributed by atoms with van der Waals surface area (Å²) in [5, 5.41) is 12.6. The highest BCUT2D eigenvalue weighted by Crippen LogP contribution is 2.42. The summed E-state index contributed by atoms with van der Waals surface area (Å²) in [6.45, 7) is 3.54. The van der Waals surface area contributed by atoms with Crippen LogP contribution in [-0.2, 0) is 27.9 Å². The lowest BCUT2D eigenvalue weighted by Gasteiger charge is -2.15. The van der Waals surface area contributed by atoms with Crippen molar-refractivity contribution in [2.45, 2.75) is 225 Å². The van der Waals surface area contributed by atoms with Gasteiger partial charge in [0.15, 0.2) is 0 Å². The van der Waals surface area contributed by atoms with Crippen molar-refractivity contribution in [1.82, 2.24) is 5.32 Å². The van der Waals surface area contributed by atoms with E-state index in [-0.39, 0.29) is 25.7 Å². The van der Waals surface area contributed by atoms with Gasteiger partial charge < -0.3 is 20.1 Å². The predicted molar refractivity (Wildman–Crippen MR) is 211 cm³/mol. The van der Waals surface area contributed by atoms with Crippen LogP contribution in [0.15, 0.2) is 0 Å². The van der Waals surface area contributed by atoms with E-state index in [4.69, 9.17) is 13.8 Å². The van der Waals surface area contributed by atoms with Crippen LogP contribution >= 0.6 is 7.82 Å². The molecule has 0 bridgehead atoms. The Morgan fingerprint density at radius 3 is 1.27 bits per heavy atom. The molecule has 2 atom stereocenters. The Hall–Kier alpha value is -0.990. The normalized spacial score (nSPS) is 13.3. The lowest BCUT2D eigenvalue weighted by Crippen LogP contribution is -2.27. The van der Waals surface area contributed by atoms with Crippen LogP contribution in [0.3, 0.4) is 0 Å². The summed E-state index contributed by atoms with van der Waals surface area (Å²) >= 11 is 0. The van der Waals surface area contributed by atoms with Crippen LogP contribution in [0, 0.1) is 0 Å². The fraction of sp³-hybridized carbons (Fsp3) is 0.951. The summed E-state index contributed by atoms with van der Waals surface area (Å²) in [5.41, 5.74) is 0. The fourth-order valence-electron chi connectivity index (χ4n) is 6.26. The Morgan fingerprint density at radius 2 is 0.882 bits per heavy atom. The number of aliphatic hydroxyl groups excluding tert-OH is 1. The SMILES string of the molecule is CCCCCCCCCCCCCCCCCCCCCCCCCC(=O)OCC(O)COP(=O)(O)OCCNC(=O)CCCCCCCCC. The zero-order valence-corrected chi connectivity index (χ0v) is 34.2. The summed E-state index contributed by atoms with van der Waals surface area (Å²) in [5.74, 6) is -0.512. The average Bonchev–Trinajstić information content (AvgIpc) is 3.11. The Balaban J connectivity index is 3.48. The minimum atomic E-state index is -4.40. The van der Waals surface area contributed by atoms with E-state index in [2.05, 4.69) is 19.2 Å². The number of unbranched alkanes of at least 4 members (excludes halogenated alkanes) is 28. The second-order valence-electron chi connectivity index (χ2n) is 14.7. The first-order valence-corrected chi connectivity index (χ1v) is 23.0. The molecule has 0 aromatic heterocycles. The Morgan fingerprint density at radius 1 is 0.529 bits per heavy atom. The van der Waals surface area contributed by atoms with Crippen LogP contribution in [-0.4, -0.2) is 54.3 Å². The van der Waals surface area contributed by atoms with Crippen molar-refractivity contribution in [3.63, 3.8) is 0 Å². The van der Waals surface area contributed by atoms with Gasteiger partial charge >= 0.3 is 13.8 Å². The first-order chi connectivity index (χ1) is 24.8. The number of phosphoric ester groups is 1. The van der Waals surface area contributed by atoms with Crippen LogP contribution in [0.25, 0.3) is 0 Å². The van der Waals surface area contributed by atoms with Gasteiger partial charge in [0.1, 0.15) is 12.7 Å². The molecule has 10 heteroatoms. The molecule has 0 saturated heterocycles. The number of hydrogen-bond donors (Lipinski definition) is 3. The lowest BCUT2D eigenvalue weighted by molar-refractivity contribution is -0.147. The Kier molecular flexibility index (Phi) is 38.0. The minimum absolute atomic E-state index is 0.0863. The smallest absolute Gasteiger partial charge is 0.463 e. The molecule has 0 aromatic carbocycles. The molecule has 0 spiro atoms. The fourth-order valence-corrected chi connectivity index (χ4v) is 7.02. The van der Waals surface area contributed by atoms with Crippen molar-refractivity contribution >= 4 is 19.7 Å². The molecule has 0 rings (SSSR count). The highest BCUT2D eigenvalue weighted by atomic mass is 31.2. The summed E-state index contributed by atoms with van der Waals surface area (Å²) < 4.78 is 26.7. The summed E-state index contributed by atoms with van der Waals surface area (Å²) in [6.07, 6.45) is 37.8. The number of amides is 1. The first-order valence-electron chi connectivity index (χ1n) is 21.5. The lowest BCUT2D eigenvalue weighted by atomic mass is 10.0. The summed E-state index contributed by atoms with van der Waals surface area (Å²) in [4.78, 5) is 33.7. The number of carbonyl (C=O) groups excluding carboxylic acids is 2. The van der Waals surface area contributed by atoms with Gasteiger partial charge in [0.25, 0.3) is 0 Å². The topological polar surface area (TPSA) is 131 Å². The molecule has 0 fully saturated rings. The molecule has 0 radical (unpaired) electrons. The van der Waals surface area contributed by atoms with E-state index in [9.17, 15) is 24.2 Å². The molecular weight excluding hydrogens is 665 g/mol. The zero-order valence-electron chi connectivity index (χ0n) is 33.3. The molecule has 1 amide bonds. The molecule has 9 nitrogen and oxygen atoms in total. The van der Waals surface area contributed by atoms with Gasteiger partial charge in [-0.25, -0.2) is 4.57 Å². The van der Waals surface area contributed by atoms with Crippen LogP contribution in [0.5, 0.6) is 0 Å². The van der Waals surface area contributed by atoms with Gasteiger partial charge in [0, 0.05) is 19.4 Å². The minimum Gasteiger partial charge on any atom is -0.463 e. The third-order valence-corrected chi connectivity index (χ3v) is 10.5. The molecule has 3 N–H and O–H groups in total. The number of rotatable bonds is 41. The molecule has 0 aliphatic carbocycles. The maximum atomic E-state index is 12.0. The standard InChI is InChI=1S/C41H82NO8P/c1-3-5-7-9-11-12-13-14-15-16-17-18-19-20-21-22-23-24-25-26-28-30-32-34-41(45)48-37-39(43)38-50-51(46,47)49-36-35-42-40(44)33-31-29-27-10-8-6-4-2/h39,43H,3-38H2,1-2H3,(H,42,44)(H,46,47). The largest absolute Gasteiger partial charge is 0.472 e. The summed E-state index contributed by atoms with van der Waals surface area (Å²) in [6, 6.07) is 0. The third kappa shape index (κ3) is 40.0. The molecule has 2 unspecified atom stereocenters. The van der Waals surface area contributed by atoms with Gasteiger partial charge in [-0.3, -0.25) is 18.6 Å². The number of nitrogens with one attached hydrogen (secondary N) is 1. The average molecular weight is 748 g/mol.